The van der Waals surface area contributed by atoms with Gasteiger partial charge in [0, 0.05) is 16.8 Å². The van der Waals surface area contributed by atoms with Crippen LogP contribution in [0.25, 0.3) is 11.3 Å². The van der Waals surface area contributed by atoms with Gasteiger partial charge in [-0.1, -0.05) is 20.8 Å². The largest absolute Gasteiger partial charge is 0.496 e. The van der Waals surface area contributed by atoms with Gasteiger partial charge in [-0.3, -0.25) is 9.89 Å². The second kappa shape index (κ2) is 5.12. The van der Waals surface area contributed by atoms with Crippen molar-refractivity contribution in [2.45, 2.75) is 33.1 Å². The number of H-pyrrole nitrogens is 1. The molecular formula is C16H20N2O2. The Morgan fingerprint density at radius 3 is 2.55 bits per heavy atom. The van der Waals surface area contributed by atoms with Crippen molar-refractivity contribution in [3.8, 4) is 17.0 Å². The summed E-state index contributed by atoms with van der Waals surface area (Å²) in [6.07, 6.45) is 0.842. The topological polar surface area (TPSA) is 55.0 Å². The predicted molar refractivity (Wildman–Crippen MR) is 79.4 cm³/mol. The SMILES string of the molecule is COc1ccc(-c2n[nH]c(C)c2C=O)cc1C(C)(C)C. The summed E-state index contributed by atoms with van der Waals surface area (Å²) in [6.45, 7) is 8.23. The lowest BCUT2D eigenvalue weighted by atomic mass is 9.85. The summed E-state index contributed by atoms with van der Waals surface area (Å²) in [5.41, 5.74) is 4.04. The zero-order chi connectivity index (χ0) is 14.9. The minimum atomic E-state index is -0.0476. The summed E-state index contributed by atoms with van der Waals surface area (Å²) < 4.78 is 5.43. The third kappa shape index (κ3) is 2.46. The molecule has 1 aromatic heterocycles. The van der Waals surface area contributed by atoms with Crippen LogP contribution >= 0.6 is 0 Å². The maximum atomic E-state index is 11.2. The van der Waals surface area contributed by atoms with E-state index < -0.39 is 0 Å². The van der Waals surface area contributed by atoms with Gasteiger partial charge < -0.3 is 4.74 Å². The van der Waals surface area contributed by atoms with Crippen molar-refractivity contribution in [1.82, 2.24) is 10.2 Å². The Morgan fingerprint density at radius 1 is 1.30 bits per heavy atom. The number of nitrogens with zero attached hydrogens (tertiary/aromatic N) is 1. The molecule has 0 spiro atoms. The standard InChI is InChI=1S/C16H20N2O2/c1-10-12(9-19)15(18-17-10)11-6-7-14(20-5)13(8-11)16(2,3)4/h6-9H,1-5H3,(H,17,18). The van der Waals surface area contributed by atoms with E-state index in [0.717, 1.165) is 28.9 Å². The maximum Gasteiger partial charge on any atom is 0.154 e. The van der Waals surface area contributed by atoms with Crippen LogP contribution in [0.3, 0.4) is 0 Å². The van der Waals surface area contributed by atoms with Gasteiger partial charge in [0.05, 0.1) is 12.7 Å². The highest BCUT2D eigenvalue weighted by molar-refractivity contribution is 5.87. The molecule has 2 aromatic rings. The molecule has 0 amide bonds. The van der Waals surface area contributed by atoms with Crippen LogP contribution in [0.4, 0.5) is 0 Å². The molecule has 1 N–H and O–H groups in total. The van der Waals surface area contributed by atoms with Gasteiger partial charge in [0.1, 0.15) is 11.4 Å². The van der Waals surface area contributed by atoms with Crippen LogP contribution in [0.1, 0.15) is 42.4 Å². The van der Waals surface area contributed by atoms with E-state index in [1.807, 2.05) is 25.1 Å². The third-order valence-electron chi connectivity index (χ3n) is 3.39. The van der Waals surface area contributed by atoms with E-state index in [-0.39, 0.29) is 5.41 Å². The molecular weight excluding hydrogens is 252 g/mol. The molecule has 4 nitrogen and oxygen atoms in total. The van der Waals surface area contributed by atoms with Gasteiger partial charge in [0.2, 0.25) is 0 Å². The van der Waals surface area contributed by atoms with Crippen molar-refractivity contribution in [2.75, 3.05) is 7.11 Å². The Morgan fingerprint density at radius 2 is 2.00 bits per heavy atom. The minimum Gasteiger partial charge on any atom is -0.496 e. The molecule has 20 heavy (non-hydrogen) atoms. The molecule has 0 aliphatic rings. The molecule has 2 rings (SSSR count). The number of benzene rings is 1. The van der Waals surface area contributed by atoms with Gasteiger partial charge in [-0.2, -0.15) is 5.10 Å². The number of carbonyl (C=O) groups excluding carboxylic acids is 1. The number of methoxy groups -OCH3 is 1. The van der Waals surface area contributed by atoms with Gasteiger partial charge in [-0.05, 0) is 30.5 Å². The van der Waals surface area contributed by atoms with E-state index >= 15 is 0 Å². The van der Waals surface area contributed by atoms with Crippen LogP contribution in [-0.4, -0.2) is 23.6 Å². The molecule has 106 valence electrons. The first-order chi connectivity index (χ1) is 9.38. The number of ether oxygens (including phenoxy) is 1. The average molecular weight is 272 g/mol. The fourth-order valence-electron chi connectivity index (χ4n) is 2.24. The lowest BCUT2D eigenvalue weighted by Gasteiger charge is -2.22. The number of nitrogens with one attached hydrogen (secondary N) is 1. The third-order valence-corrected chi connectivity index (χ3v) is 3.39. The summed E-state index contributed by atoms with van der Waals surface area (Å²) >= 11 is 0. The molecule has 4 heteroatoms. The smallest absolute Gasteiger partial charge is 0.154 e. The van der Waals surface area contributed by atoms with Crippen LogP contribution < -0.4 is 4.74 Å². The number of aromatic nitrogens is 2. The molecule has 0 aliphatic heterocycles. The number of aromatic amines is 1. The number of hydrogen-bond donors (Lipinski definition) is 1. The van der Waals surface area contributed by atoms with Crippen LogP contribution in [-0.2, 0) is 5.41 Å². The van der Waals surface area contributed by atoms with Crippen LogP contribution in [0, 0.1) is 6.92 Å². The number of aryl methyl sites for hydroxylation is 1. The highest BCUT2D eigenvalue weighted by Gasteiger charge is 2.21. The van der Waals surface area contributed by atoms with E-state index in [4.69, 9.17) is 4.74 Å². The van der Waals surface area contributed by atoms with Gasteiger partial charge in [0.15, 0.2) is 6.29 Å². The number of aldehydes is 1. The molecule has 0 bridgehead atoms. The molecule has 0 saturated carbocycles. The quantitative estimate of drug-likeness (QED) is 0.870. The lowest BCUT2D eigenvalue weighted by molar-refractivity contribution is 0.112. The Kier molecular flexibility index (Phi) is 3.66. The zero-order valence-electron chi connectivity index (χ0n) is 12.6. The van der Waals surface area contributed by atoms with Crippen molar-refractivity contribution < 1.29 is 9.53 Å². The fraction of sp³-hybridized carbons (Fsp3) is 0.375. The molecule has 1 heterocycles. The Bertz CT molecular complexity index is 636. The molecule has 0 saturated heterocycles. The first-order valence-electron chi connectivity index (χ1n) is 6.57. The predicted octanol–water partition coefficient (Wildman–Crippen LogP) is 3.50. The molecule has 0 unspecified atom stereocenters. The normalized spacial score (nSPS) is 11.4. The number of rotatable bonds is 3. The van der Waals surface area contributed by atoms with E-state index in [1.165, 1.54) is 0 Å². The molecule has 1 aromatic carbocycles. The minimum absolute atomic E-state index is 0.0476. The lowest BCUT2D eigenvalue weighted by Crippen LogP contribution is -2.13. The van der Waals surface area contributed by atoms with Gasteiger partial charge >= 0.3 is 0 Å². The van der Waals surface area contributed by atoms with E-state index in [0.29, 0.717) is 11.3 Å². The molecule has 0 radical (unpaired) electrons. The summed E-state index contributed by atoms with van der Waals surface area (Å²) in [5, 5.41) is 7.10. The number of carbonyl (C=O) groups is 1. The van der Waals surface area contributed by atoms with Crippen LogP contribution in [0.5, 0.6) is 5.75 Å². The van der Waals surface area contributed by atoms with Crippen molar-refractivity contribution in [3.63, 3.8) is 0 Å². The van der Waals surface area contributed by atoms with Crippen molar-refractivity contribution in [1.29, 1.82) is 0 Å². The van der Waals surface area contributed by atoms with Crippen molar-refractivity contribution >= 4 is 6.29 Å². The number of hydrogen-bond acceptors (Lipinski definition) is 3. The molecule has 0 aliphatic carbocycles. The highest BCUT2D eigenvalue weighted by atomic mass is 16.5. The van der Waals surface area contributed by atoms with E-state index in [2.05, 4.69) is 31.0 Å². The summed E-state index contributed by atoms with van der Waals surface area (Å²) in [7, 11) is 1.67. The van der Waals surface area contributed by atoms with Crippen molar-refractivity contribution in [3.05, 3.63) is 35.0 Å². The summed E-state index contributed by atoms with van der Waals surface area (Å²) in [6, 6.07) is 5.90. The average Bonchev–Trinajstić information content (AvgIpc) is 2.78. The first-order valence-corrected chi connectivity index (χ1v) is 6.57. The van der Waals surface area contributed by atoms with Crippen LogP contribution in [0.15, 0.2) is 18.2 Å². The van der Waals surface area contributed by atoms with Gasteiger partial charge in [-0.25, -0.2) is 0 Å². The fourth-order valence-corrected chi connectivity index (χ4v) is 2.24. The van der Waals surface area contributed by atoms with Crippen molar-refractivity contribution in [2.24, 2.45) is 0 Å². The first kappa shape index (κ1) is 14.3. The summed E-state index contributed by atoms with van der Waals surface area (Å²) in [4.78, 5) is 11.2. The van der Waals surface area contributed by atoms with E-state index in [9.17, 15) is 4.79 Å². The van der Waals surface area contributed by atoms with Crippen LogP contribution in [0.2, 0.25) is 0 Å². The van der Waals surface area contributed by atoms with Gasteiger partial charge in [0.25, 0.3) is 0 Å². The zero-order valence-corrected chi connectivity index (χ0v) is 12.6. The monoisotopic (exact) mass is 272 g/mol. The Hall–Kier alpha value is -2.10. The Balaban J connectivity index is 2.62. The summed E-state index contributed by atoms with van der Waals surface area (Å²) in [5.74, 6) is 0.848. The second-order valence-electron chi connectivity index (χ2n) is 5.89. The van der Waals surface area contributed by atoms with Gasteiger partial charge in [-0.15, -0.1) is 0 Å². The van der Waals surface area contributed by atoms with E-state index in [1.54, 1.807) is 7.11 Å². The Labute approximate surface area is 119 Å². The highest BCUT2D eigenvalue weighted by Crippen LogP contribution is 2.35. The maximum absolute atomic E-state index is 11.2. The second-order valence-corrected chi connectivity index (χ2v) is 5.89. The molecule has 0 fully saturated rings. The molecule has 0 atom stereocenters.